The van der Waals surface area contributed by atoms with Crippen molar-refractivity contribution in [1.82, 2.24) is 4.90 Å². The number of nitrogens with zero attached hydrogens (tertiary/aromatic N) is 1. The Morgan fingerprint density at radius 3 is 2.53 bits per heavy atom. The molecule has 0 atom stereocenters. The van der Waals surface area contributed by atoms with Gasteiger partial charge in [0.1, 0.15) is 5.82 Å². The number of nitrogens with two attached hydrogens (primary N) is 1. The normalized spacial score (nSPS) is 15.5. The molecule has 1 aliphatic carbocycles. The van der Waals surface area contributed by atoms with Crippen molar-refractivity contribution in [2.75, 3.05) is 18.4 Å². The van der Waals surface area contributed by atoms with Gasteiger partial charge in [-0.1, -0.05) is 12.8 Å². The van der Waals surface area contributed by atoms with Crippen LogP contribution in [0.2, 0.25) is 0 Å². The summed E-state index contributed by atoms with van der Waals surface area (Å²) >= 11 is 0. The molecule has 0 spiro atoms. The maximum Gasteiger partial charge on any atom is 0.322 e. The van der Waals surface area contributed by atoms with Gasteiger partial charge in [-0.15, -0.1) is 0 Å². The largest absolute Gasteiger partial charge is 0.329 e. The zero-order valence-electron chi connectivity index (χ0n) is 10.9. The molecule has 0 saturated heterocycles. The SMILES string of the molecule is NCCN(C(=O)Nc1ccc(F)cc1)C1CCCC1. The Balaban J connectivity index is 2.00. The van der Waals surface area contributed by atoms with Gasteiger partial charge in [0, 0.05) is 24.8 Å². The number of benzene rings is 1. The monoisotopic (exact) mass is 265 g/mol. The number of carbonyl (C=O) groups excluding carboxylic acids is 1. The average molecular weight is 265 g/mol. The lowest BCUT2D eigenvalue weighted by molar-refractivity contribution is 0.190. The van der Waals surface area contributed by atoms with Crippen molar-refractivity contribution in [3.63, 3.8) is 0 Å². The number of nitrogens with one attached hydrogen (secondary N) is 1. The van der Waals surface area contributed by atoms with Crippen LogP contribution in [0.15, 0.2) is 24.3 Å². The lowest BCUT2D eigenvalue weighted by atomic mass is 10.2. The Morgan fingerprint density at radius 2 is 1.95 bits per heavy atom. The van der Waals surface area contributed by atoms with Crippen molar-refractivity contribution in [3.05, 3.63) is 30.1 Å². The van der Waals surface area contributed by atoms with Crippen LogP contribution >= 0.6 is 0 Å². The fourth-order valence-corrected chi connectivity index (χ4v) is 2.53. The molecule has 1 aliphatic rings. The number of hydrogen-bond donors (Lipinski definition) is 2. The van der Waals surface area contributed by atoms with E-state index in [-0.39, 0.29) is 17.9 Å². The molecule has 104 valence electrons. The molecule has 1 fully saturated rings. The van der Waals surface area contributed by atoms with Crippen LogP contribution in [0.3, 0.4) is 0 Å². The van der Waals surface area contributed by atoms with Crippen LogP contribution in [-0.2, 0) is 0 Å². The maximum absolute atomic E-state index is 12.8. The highest BCUT2D eigenvalue weighted by Gasteiger charge is 2.25. The molecule has 1 aromatic carbocycles. The molecule has 0 bridgehead atoms. The van der Waals surface area contributed by atoms with Crippen LogP contribution in [-0.4, -0.2) is 30.1 Å². The third kappa shape index (κ3) is 3.67. The summed E-state index contributed by atoms with van der Waals surface area (Å²) in [4.78, 5) is 14.0. The van der Waals surface area contributed by atoms with Gasteiger partial charge in [-0.05, 0) is 37.1 Å². The molecule has 19 heavy (non-hydrogen) atoms. The fourth-order valence-electron chi connectivity index (χ4n) is 2.53. The van der Waals surface area contributed by atoms with Gasteiger partial charge >= 0.3 is 6.03 Å². The van der Waals surface area contributed by atoms with Crippen LogP contribution in [0, 0.1) is 5.82 Å². The van der Waals surface area contributed by atoms with Crippen molar-refractivity contribution in [1.29, 1.82) is 0 Å². The van der Waals surface area contributed by atoms with E-state index >= 15 is 0 Å². The van der Waals surface area contributed by atoms with E-state index in [1.165, 1.54) is 12.1 Å². The first-order valence-electron chi connectivity index (χ1n) is 6.74. The van der Waals surface area contributed by atoms with E-state index < -0.39 is 0 Å². The second-order valence-corrected chi connectivity index (χ2v) is 4.86. The first kappa shape index (κ1) is 13.8. The van der Waals surface area contributed by atoms with Crippen molar-refractivity contribution < 1.29 is 9.18 Å². The Labute approximate surface area is 112 Å². The second kappa shape index (κ2) is 6.52. The molecule has 1 saturated carbocycles. The number of urea groups is 1. The Kier molecular flexibility index (Phi) is 4.74. The smallest absolute Gasteiger partial charge is 0.322 e. The van der Waals surface area contributed by atoms with E-state index in [1.54, 1.807) is 17.0 Å². The van der Waals surface area contributed by atoms with Gasteiger partial charge in [0.15, 0.2) is 0 Å². The summed E-state index contributed by atoms with van der Waals surface area (Å²) < 4.78 is 12.8. The summed E-state index contributed by atoms with van der Waals surface area (Å²) in [7, 11) is 0. The Morgan fingerprint density at radius 1 is 1.32 bits per heavy atom. The maximum atomic E-state index is 12.8. The van der Waals surface area contributed by atoms with Crippen LogP contribution in [0.1, 0.15) is 25.7 Å². The predicted octanol–water partition coefficient (Wildman–Crippen LogP) is 2.56. The highest BCUT2D eigenvalue weighted by atomic mass is 19.1. The molecular formula is C14H20FN3O. The summed E-state index contributed by atoms with van der Waals surface area (Å²) in [5.74, 6) is -0.312. The van der Waals surface area contributed by atoms with E-state index in [1.807, 2.05) is 0 Å². The number of amides is 2. The van der Waals surface area contributed by atoms with Gasteiger partial charge in [-0.25, -0.2) is 9.18 Å². The van der Waals surface area contributed by atoms with Crippen LogP contribution < -0.4 is 11.1 Å². The molecule has 3 N–H and O–H groups in total. The molecule has 0 heterocycles. The van der Waals surface area contributed by atoms with E-state index in [0.717, 1.165) is 25.7 Å². The zero-order chi connectivity index (χ0) is 13.7. The quantitative estimate of drug-likeness (QED) is 0.879. The number of hydrogen-bond acceptors (Lipinski definition) is 2. The Bertz CT molecular complexity index is 415. The molecule has 1 aromatic rings. The van der Waals surface area contributed by atoms with Gasteiger partial charge in [-0.3, -0.25) is 0 Å². The summed E-state index contributed by atoms with van der Waals surface area (Å²) in [5, 5.41) is 2.80. The zero-order valence-corrected chi connectivity index (χ0v) is 10.9. The van der Waals surface area contributed by atoms with Crippen molar-refractivity contribution in [2.45, 2.75) is 31.7 Å². The van der Waals surface area contributed by atoms with Crippen molar-refractivity contribution >= 4 is 11.7 Å². The summed E-state index contributed by atoms with van der Waals surface area (Å²) in [5.41, 5.74) is 6.18. The first-order chi connectivity index (χ1) is 9.20. The van der Waals surface area contributed by atoms with E-state index in [0.29, 0.717) is 18.8 Å². The number of anilines is 1. The molecular weight excluding hydrogens is 245 g/mol. The molecule has 4 nitrogen and oxygen atoms in total. The highest BCUT2D eigenvalue weighted by Crippen LogP contribution is 2.24. The van der Waals surface area contributed by atoms with Crippen molar-refractivity contribution in [2.24, 2.45) is 5.73 Å². The highest BCUT2D eigenvalue weighted by molar-refractivity contribution is 5.89. The van der Waals surface area contributed by atoms with Gasteiger partial charge in [0.25, 0.3) is 0 Å². The standard InChI is InChI=1S/C14H20FN3O/c15-11-5-7-12(8-6-11)17-14(19)18(10-9-16)13-3-1-2-4-13/h5-8,13H,1-4,9-10,16H2,(H,17,19). The number of rotatable bonds is 4. The molecule has 2 rings (SSSR count). The minimum Gasteiger partial charge on any atom is -0.329 e. The number of carbonyl (C=O) groups is 1. The lowest BCUT2D eigenvalue weighted by Gasteiger charge is -2.28. The third-order valence-corrected chi connectivity index (χ3v) is 3.49. The third-order valence-electron chi connectivity index (χ3n) is 3.49. The van der Waals surface area contributed by atoms with E-state index in [4.69, 9.17) is 5.73 Å². The second-order valence-electron chi connectivity index (χ2n) is 4.86. The number of halogens is 1. The molecule has 0 aromatic heterocycles. The van der Waals surface area contributed by atoms with Gasteiger partial charge in [0.2, 0.25) is 0 Å². The average Bonchev–Trinajstić information content (AvgIpc) is 2.92. The molecule has 5 heteroatoms. The van der Waals surface area contributed by atoms with Crippen LogP contribution in [0.5, 0.6) is 0 Å². The molecule has 2 amide bonds. The molecule has 0 unspecified atom stereocenters. The van der Waals surface area contributed by atoms with Gasteiger partial charge in [-0.2, -0.15) is 0 Å². The van der Waals surface area contributed by atoms with Crippen LogP contribution in [0.4, 0.5) is 14.9 Å². The lowest BCUT2D eigenvalue weighted by Crippen LogP contribution is -2.44. The van der Waals surface area contributed by atoms with Crippen molar-refractivity contribution in [3.8, 4) is 0 Å². The summed E-state index contributed by atoms with van der Waals surface area (Å²) in [6.45, 7) is 1.00. The molecule has 0 radical (unpaired) electrons. The molecule has 0 aliphatic heterocycles. The van der Waals surface area contributed by atoms with E-state index in [9.17, 15) is 9.18 Å². The minimum absolute atomic E-state index is 0.149. The first-order valence-corrected chi connectivity index (χ1v) is 6.74. The summed E-state index contributed by atoms with van der Waals surface area (Å²) in [6, 6.07) is 5.91. The predicted molar refractivity (Wildman–Crippen MR) is 73.4 cm³/mol. The Hall–Kier alpha value is -1.62. The van der Waals surface area contributed by atoms with Crippen LogP contribution in [0.25, 0.3) is 0 Å². The summed E-state index contributed by atoms with van der Waals surface area (Å²) in [6.07, 6.45) is 4.40. The van der Waals surface area contributed by atoms with Gasteiger partial charge in [0.05, 0.1) is 0 Å². The van der Waals surface area contributed by atoms with E-state index in [2.05, 4.69) is 5.32 Å². The minimum atomic E-state index is -0.312. The topological polar surface area (TPSA) is 58.4 Å². The fraction of sp³-hybridized carbons (Fsp3) is 0.500. The van der Waals surface area contributed by atoms with Gasteiger partial charge < -0.3 is 16.0 Å².